The number of nitrogens with zero attached hydrogens (tertiary/aromatic N) is 3. The summed E-state index contributed by atoms with van der Waals surface area (Å²) < 4.78 is 9.80. The second kappa shape index (κ2) is 13.3. The average Bonchev–Trinajstić information content (AvgIpc) is 3.34. The number of rotatable bonds is 12. The maximum Gasteiger partial charge on any atom is 0.407 e. The van der Waals surface area contributed by atoms with Gasteiger partial charge in [-0.15, -0.1) is 23.1 Å². The Labute approximate surface area is 240 Å². The molecule has 1 unspecified atom stereocenters. The molecule has 3 heterocycles. The van der Waals surface area contributed by atoms with Gasteiger partial charge >= 0.3 is 18.2 Å². The summed E-state index contributed by atoms with van der Waals surface area (Å²) in [5.74, 6) is -2.90. The maximum absolute atomic E-state index is 13.2. The van der Waals surface area contributed by atoms with Crippen molar-refractivity contribution in [3.8, 4) is 0 Å². The number of ether oxygens (including phenoxy) is 2. The molecule has 222 valence electrons. The van der Waals surface area contributed by atoms with Gasteiger partial charge in [0.15, 0.2) is 10.8 Å². The van der Waals surface area contributed by atoms with Crippen molar-refractivity contribution in [3.63, 3.8) is 0 Å². The number of carbonyl (C=O) groups excluding carboxylic acids is 5. The van der Waals surface area contributed by atoms with Crippen LogP contribution in [-0.4, -0.2) is 99.6 Å². The van der Waals surface area contributed by atoms with Crippen molar-refractivity contribution in [1.29, 1.82) is 0 Å². The Hall–Kier alpha value is -4.39. The molecule has 0 aromatic carbocycles. The number of alkyl carbamates (subject to hydrolysis) is 1. The van der Waals surface area contributed by atoms with Crippen molar-refractivity contribution in [3.05, 3.63) is 22.3 Å². The molecule has 17 nitrogen and oxygen atoms in total. The molecule has 2 aliphatic heterocycles. The summed E-state index contributed by atoms with van der Waals surface area (Å²) in [7, 11) is 0. The molecule has 0 radical (unpaired) electrons. The van der Waals surface area contributed by atoms with Crippen LogP contribution in [0.4, 0.5) is 14.7 Å². The number of primary amides is 1. The van der Waals surface area contributed by atoms with Crippen molar-refractivity contribution < 1.29 is 48.2 Å². The van der Waals surface area contributed by atoms with E-state index in [1.54, 1.807) is 20.8 Å². The van der Waals surface area contributed by atoms with Crippen molar-refractivity contribution in [1.82, 2.24) is 20.5 Å². The largest absolute Gasteiger partial charge is 0.477 e. The third kappa shape index (κ3) is 8.07. The first kappa shape index (κ1) is 31.1. The Balaban J connectivity index is 1.71. The Morgan fingerprint density at radius 2 is 2.05 bits per heavy atom. The number of thiazole rings is 1. The van der Waals surface area contributed by atoms with Crippen LogP contribution in [0.25, 0.3) is 0 Å². The first-order valence-corrected chi connectivity index (χ1v) is 13.7. The average molecular weight is 614 g/mol. The zero-order valence-corrected chi connectivity index (χ0v) is 23.6. The van der Waals surface area contributed by atoms with E-state index in [9.17, 15) is 33.9 Å². The number of hydrogen-bond donors (Lipinski definition) is 5. The summed E-state index contributed by atoms with van der Waals surface area (Å²) in [6.07, 6.45) is -1.38. The van der Waals surface area contributed by atoms with Crippen LogP contribution >= 0.6 is 23.1 Å². The topological polar surface area (TPSA) is 241 Å². The molecule has 6 N–H and O–H groups in total. The van der Waals surface area contributed by atoms with Crippen molar-refractivity contribution in [2.24, 2.45) is 10.9 Å². The zero-order valence-electron chi connectivity index (χ0n) is 22.0. The van der Waals surface area contributed by atoms with E-state index in [1.165, 1.54) is 5.38 Å². The van der Waals surface area contributed by atoms with Gasteiger partial charge in [-0.05, 0) is 20.8 Å². The highest BCUT2D eigenvalue weighted by atomic mass is 32.2. The van der Waals surface area contributed by atoms with Crippen molar-refractivity contribution in [2.75, 3.05) is 30.8 Å². The molecule has 0 aliphatic carbocycles. The van der Waals surface area contributed by atoms with Crippen LogP contribution in [0.15, 0.2) is 21.8 Å². The second-order valence-electron chi connectivity index (χ2n) is 9.23. The lowest BCUT2D eigenvalue weighted by atomic mass is 10.0. The number of fused-ring (bicyclic) bond motifs is 1. The lowest BCUT2D eigenvalue weighted by Crippen LogP contribution is -2.71. The third-order valence-corrected chi connectivity index (χ3v) is 7.20. The minimum atomic E-state index is -1.41. The van der Waals surface area contributed by atoms with E-state index in [-0.39, 0.29) is 46.7 Å². The number of nitrogens with two attached hydrogens (primary N) is 1. The molecule has 1 aromatic rings. The summed E-state index contributed by atoms with van der Waals surface area (Å²) in [5, 5.41) is 21.6. The molecule has 0 bridgehead atoms. The number of oxime groups is 1. The number of carboxylic acid groups (broad SMARTS) is 1. The van der Waals surface area contributed by atoms with Gasteiger partial charge in [0.1, 0.15) is 41.6 Å². The van der Waals surface area contributed by atoms with Crippen LogP contribution in [0, 0.1) is 0 Å². The van der Waals surface area contributed by atoms with Crippen LogP contribution in [0.1, 0.15) is 26.5 Å². The molecule has 2 atom stereocenters. The zero-order chi connectivity index (χ0) is 30.3. The number of anilines is 1. The fourth-order valence-electron chi connectivity index (χ4n) is 3.49. The van der Waals surface area contributed by atoms with Crippen LogP contribution in [0.5, 0.6) is 0 Å². The number of aliphatic carboxylic acids is 1. The van der Waals surface area contributed by atoms with Gasteiger partial charge in [0, 0.05) is 16.7 Å². The normalized spacial score (nSPS) is 18.5. The molecule has 2 aliphatic rings. The SMILES string of the molecule is CC(C)(C)OC(=O)NCCON=C(C(=O)NC1C(=O)N2C(C(=O)O)=C(COC(N)=O)CS[C@H]12)c1csc(NC=O)n1. The quantitative estimate of drug-likeness (QED) is 0.0676. The third-order valence-electron chi connectivity index (χ3n) is 5.09. The number of aromatic nitrogens is 1. The molecule has 3 rings (SSSR count). The lowest BCUT2D eigenvalue weighted by Gasteiger charge is -2.49. The number of carboxylic acids is 1. The molecule has 1 aromatic heterocycles. The molecule has 1 saturated heterocycles. The first-order valence-electron chi connectivity index (χ1n) is 11.8. The van der Waals surface area contributed by atoms with Gasteiger partial charge in [-0.3, -0.25) is 19.3 Å². The van der Waals surface area contributed by atoms with Gasteiger partial charge in [0.2, 0.25) is 6.41 Å². The van der Waals surface area contributed by atoms with Crippen molar-refractivity contribution >= 4 is 70.3 Å². The highest BCUT2D eigenvalue weighted by molar-refractivity contribution is 8.00. The molecular weight excluding hydrogens is 586 g/mol. The summed E-state index contributed by atoms with van der Waals surface area (Å²) in [6, 6.07) is -1.12. The number of carbonyl (C=O) groups is 6. The van der Waals surface area contributed by atoms with Crippen molar-refractivity contribution in [2.45, 2.75) is 37.8 Å². The molecule has 41 heavy (non-hydrogen) atoms. The number of nitrogens with one attached hydrogen (secondary N) is 3. The monoisotopic (exact) mass is 613 g/mol. The molecule has 19 heteroatoms. The van der Waals surface area contributed by atoms with Crippen LogP contribution in [0.2, 0.25) is 0 Å². The summed E-state index contributed by atoms with van der Waals surface area (Å²) in [5.41, 5.74) is 3.75. The van der Waals surface area contributed by atoms with E-state index < -0.39 is 53.6 Å². The predicted octanol–water partition coefficient (Wildman–Crippen LogP) is -0.209. The van der Waals surface area contributed by atoms with Crippen LogP contribution in [-0.2, 0) is 33.5 Å². The van der Waals surface area contributed by atoms with Crippen LogP contribution < -0.4 is 21.7 Å². The van der Waals surface area contributed by atoms with E-state index in [0.717, 1.165) is 28.0 Å². The van der Waals surface area contributed by atoms with E-state index in [0.29, 0.717) is 6.41 Å². The predicted molar refractivity (Wildman–Crippen MR) is 144 cm³/mol. The van der Waals surface area contributed by atoms with Gasteiger partial charge in [-0.25, -0.2) is 19.4 Å². The van der Waals surface area contributed by atoms with E-state index in [2.05, 4.69) is 30.8 Å². The Morgan fingerprint density at radius 3 is 2.68 bits per heavy atom. The van der Waals surface area contributed by atoms with Gasteiger partial charge in [0.25, 0.3) is 11.8 Å². The fourth-order valence-corrected chi connectivity index (χ4v) is 5.47. The minimum Gasteiger partial charge on any atom is -0.477 e. The lowest BCUT2D eigenvalue weighted by molar-refractivity contribution is -0.150. The Kier molecular flexibility index (Phi) is 10.1. The fraction of sp³-hybridized carbons (Fsp3) is 0.455. The number of amides is 5. The second-order valence-corrected chi connectivity index (χ2v) is 11.2. The van der Waals surface area contributed by atoms with E-state index in [1.807, 2.05) is 0 Å². The number of β-lactam (4-membered cyclic amide) rings is 1. The van der Waals surface area contributed by atoms with Gasteiger partial charge in [-0.2, -0.15) is 0 Å². The van der Waals surface area contributed by atoms with Gasteiger partial charge in [0.05, 0.1) is 6.54 Å². The Bertz CT molecular complexity index is 1290. The highest BCUT2D eigenvalue weighted by Crippen LogP contribution is 2.40. The summed E-state index contributed by atoms with van der Waals surface area (Å²) in [4.78, 5) is 81.8. The smallest absolute Gasteiger partial charge is 0.407 e. The standard InChI is InChI=1S/C22H27N7O10S2/c1-22(2,3)39-21(36)24-4-5-38-28-12(11-8-41-20(26-11)25-9-30)15(31)27-13-16(32)29-14(18(33)34)10(6-37-19(23)35)7-40-17(13)29/h8-9,13,17H,4-7H2,1-3H3,(H2,23,35)(H,24,36)(H,27,31)(H,33,34)(H,25,26,30)/t13?,17-/m1/s1. The number of hydrogen-bond acceptors (Lipinski definition) is 13. The minimum absolute atomic E-state index is 0.0107. The molecule has 0 spiro atoms. The van der Waals surface area contributed by atoms with E-state index >= 15 is 0 Å². The molecule has 0 saturated carbocycles. The number of thioether (sulfide) groups is 1. The highest BCUT2D eigenvalue weighted by Gasteiger charge is 2.54. The first-order chi connectivity index (χ1) is 19.3. The Morgan fingerprint density at radius 1 is 1.32 bits per heavy atom. The summed E-state index contributed by atoms with van der Waals surface area (Å²) >= 11 is 2.15. The summed E-state index contributed by atoms with van der Waals surface area (Å²) in [6.45, 7) is 4.53. The van der Waals surface area contributed by atoms with Gasteiger partial charge in [-0.1, -0.05) is 5.16 Å². The van der Waals surface area contributed by atoms with Crippen LogP contribution in [0.3, 0.4) is 0 Å². The molecule has 5 amide bonds. The van der Waals surface area contributed by atoms with E-state index in [4.69, 9.17) is 15.3 Å². The maximum atomic E-state index is 13.2. The molecular formula is C22H27N7O10S2. The van der Waals surface area contributed by atoms with Gasteiger partial charge < -0.3 is 41.1 Å². The molecule has 1 fully saturated rings.